The largest absolute Gasteiger partial charge is 0.339 e. The number of allylic oxidation sites excluding steroid dienone is 1. The third-order valence-electron chi connectivity index (χ3n) is 3.64. The molecule has 1 heterocycles. The number of hydrogen-bond acceptors (Lipinski definition) is 5. The minimum absolute atomic E-state index is 0.0668. The molecule has 1 atom stereocenters. The highest BCUT2D eigenvalue weighted by molar-refractivity contribution is 7.90. The second-order valence-electron chi connectivity index (χ2n) is 5.46. The van der Waals surface area contributed by atoms with Gasteiger partial charge < -0.3 is 4.90 Å². The normalized spacial score (nSPS) is 18.9. The van der Waals surface area contributed by atoms with Crippen LogP contribution in [0.4, 0.5) is 0 Å². The van der Waals surface area contributed by atoms with Crippen molar-refractivity contribution in [2.75, 3.05) is 40.3 Å². The van der Waals surface area contributed by atoms with E-state index >= 15 is 0 Å². The number of primary sulfonamides is 1. The van der Waals surface area contributed by atoms with Gasteiger partial charge >= 0.3 is 0 Å². The van der Waals surface area contributed by atoms with Crippen LogP contribution in [0.15, 0.2) is 12.7 Å². The molecule has 0 aromatic carbocycles. The summed E-state index contributed by atoms with van der Waals surface area (Å²) in [5.41, 5.74) is 0. The van der Waals surface area contributed by atoms with E-state index in [1.54, 1.807) is 0 Å². The average Bonchev–Trinajstić information content (AvgIpc) is 2.46. The quantitative estimate of drug-likeness (QED) is 0.552. The molecule has 0 unspecified atom stereocenters. The number of carbonyl (C=O) groups excluding carboxylic acids is 1. The predicted octanol–water partition coefficient (Wildman–Crippen LogP) is -1.44. The Bertz CT molecular complexity index is 636. The van der Waals surface area contributed by atoms with Crippen molar-refractivity contribution >= 4 is 26.1 Å². The molecule has 0 aromatic heterocycles. The number of nitrogens with two attached hydrogens (primary N) is 1. The predicted molar refractivity (Wildman–Crippen MR) is 87.1 cm³/mol. The number of piperazine rings is 1. The van der Waals surface area contributed by atoms with Gasteiger partial charge in [-0.3, -0.25) is 4.79 Å². The van der Waals surface area contributed by atoms with Crippen molar-refractivity contribution in [2.24, 2.45) is 5.14 Å². The van der Waals surface area contributed by atoms with Crippen molar-refractivity contribution in [3.05, 3.63) is 12.7 Å². The van der Waals surface area contributed by atoms with Crippen LogP contribution in [0.3, 0.4) is 0 Å². The zero-order chi connectivity index (χ0) is 17.8. The first-order valence-electron chi connectivity index (χ1n) is 7.10. The fraction of sp³-hybridized carbons (Fsp3) is 0.750. The van der Waals surface area contributed by atoms with E-state index in [2.05, 4.69) is 6.58 Å². The molecule has 2 N–H and O–H groups in total. The fourth-order valence-corrected chi connectivity index (χ4v) is 4.25. The molecule has 23 heavy (non-hydrogen) atoms. The van der Waals surface area contributed by atoms with Crippen LogP contribution in [0.25, 0.3) is 0 Å². The van der Waals surface area contributed by atoms with Crippen molar-refractivity contribution in [2.45, 2.75) is 18.1 Å². The maximum absolute atomic E-state index is 12.4. The van der Waals surface area contributed by atoms with E-state index in [1.807, 2.05) is 0 Å². The molecule has 1 rings (SSSR count). The molecular weight excluding hydrogens is 344 g/mol. The highest BCUT2D eigenvalue weighted by atomic mass is 32.2. The van der Waals surface area contributed by atoms with Gasteiger partial charge in [0.25, 0.3) is 10.2 Å². The average molecular weight is 368 g/mol. The van der Waals surface area contributed by atoms with Gasteiger partial charge in [0.15, 0.2) is 5.25 Å². The highest BCUT2D eigenvalue weighted by Gasteiger charge is 2.36. The Morgan fingerprint density at radius 1 is 1.22 bits per heavy atom. The molecule has 0 spiro atoms. The molecule has 11 heteroatoms. The monoisotopic (exact) mass is 368 g/mol. The summed E-state index contributed by atoms with van der Waals surface area (Å²) in [6.07, 6.45) is 1.94. The summed E-state index contributed by atoms with van der Waals surface area (Å²) in [6.45, 7) is 4.00. The van der Waals surface area contributed by atoms with Crippen LogP contribution in [0.5, 0.6) is 0 Å². The number of nitrogens with zero attached hydrogens (tertiary/aromatic N) is 3. The zero-order valence-corrected chi connectivity index (χ0v) is 15.0. The van der Waals surface area contributed by atoms with Crippen molar-refractivity contribution in [3.63, 3.8) is 0 Å². The Kier molecular flexibility index (Phi) is 6.71. The second-order valence-corrected chi connectivity index (χ2v) is 9.35. The van der Waals surface area contributed by atoms with E-state index in [0.717, 1.165) is 4.31 Å². The topological polar surface area (TPSA) is 121 Å². The summed E-state index contributed by atoms with van der Waals surface area (Å²) in [7, 11) is -4.70. The number of hydrogen-bond donors (Lipinski definition) is 1. The number of rotatable bonds is 7. The van der Waals surface area contributed by atoms with Crippen molar-refractivity contribution < 1.29 is 21.6 Å². The third-order valence-corrected chi connectivity index (χ3v) is 6.81. The van der Waals surface area contributed by atoms with Crippen LogP contribution >= 0.6 is 0 Å². The fourth-order valence-electron chi connectivity index (χ4n) is 2.27. The van der Waals surface area contributed by atoms with Crippen LogP contribution in [0.2, 0.25) is 0 Å². The Morgan fingerprint density at radius 2 is 1.74 bits per heavy atom. The standard InChI is InChI=1S/C12H24N4O5S2/c1-4-5-6-11(22(13,18)19)12(17)15-7-9-16(10-8-15)23(20,21)14(2)3/h4,11H,1,5-10H2,2-3H3,(H2,13,18,19)/t11-/m1/s1. The van der Waals surface area contributed by atoms with Crippen LogP contribution in [-0.4, -0.2) is 81.8 Å². The Hall–Kier alpha value is -1.01. The van der Waals surface area contributed by atoms with Gasteiger partial charge in [-0.2, -0.15) is 17.0 Å². The molecule has 0 aromatic rings. The summed E-state index contributed by atoms with van der Waals surface area (Å²) < 4.78 is 49.6. The smallest absolute Gasteiger partial charge is 0.281 e. The van der Waals surface area contributed by atoms with Gasteiger partial charge in [-0.15, -0.1) is 6.58 Å². The molecule has 1 aliphatic heterocycles. The summed E-state index contributed by atoms with van der Waals surface area (Å²) in [4.78, 5) is 13.7. The van der Waals surface area contributed by atoms with Crippen molar-refractivity contribution in [3.8, 4) is 0 Å². The maximum atomic E-state index is 12.4. The van der Waals surface area contributed by atoms with Crippen LogP contribution in [0.1, 0.15) is 12.8 Å². The number of amides is 1. The lowest BCUT2D eigenvalue weighted by Crippen LogP contribution is -2.56. The lowest BCUT2D eigenvalue weighted by atomic mass is 10.2. The van der Waals surface area contributed by atoms with Crippen LogP contribution in [0, 0.1) is 0 Å². The Balaban J connectivity index is 2.79. The zero-order valence-electron chi connectivity index (χ0n) is 13.4. The van der Waals surface area contributed by atoms with Gasteiger partial charge in [-0.1, -0.05) is 6.08 Å². The first kappa shape index (κ1) is 20.0. The highest BCUT2D eigenvalue weighted by Crippen LogP contribution is 2.15. The van der Waals surface area contributed by atoms with Gasteiger partial charge in [-0.25, -0.2) is 13.6 Å². The number of carbonyl (C=O) groups is 1. The lowest BCUT2D eigenvalue weighted by Gasteiger charge is -2.36. The molecule has 0 radical (unpaired) electrons. The van der Waals surface area contributed by atoms with Crippen LogP contribution in [-0.2, 0) is 25.0 Å². The van der Waals surface area contributed by atoms with E-state index in [-0.39, 0.29) is 32.6 Å². The molecule has 0 saturated carbocycles. The molecule has 0 bridgehead atoms. The van der Waals surface area contributed by atoms with Gasteiger partial charge in [0.05, 0.1) is 0 Å². The minimum atomic E-state index is -4.02. The van der Waals surface area contributed by atoms with Gasteiger partial charge in [0, 0.05) is 40.3 Å². The summed E-state index contributed by atoms with van der Waals surface area (Å²) in [6, 6.07) is 0. The van der Waals surface area contributed by atoms with Gasteiger partial charge in [0.1, 0.15) is 0 Å². The van der Waals surface area contributed by atoms with E-state index in [4.69, 9.17) is 5.14 Å². The van der Waals surface area contributed by atoms with Crippen LogP contribution < -0.4 is 5.14 Å². The number of sulfonamides is 1. The van der Waals surface area contributed by atoms with E-state index in [1.165, 1.54) is 29.4 Å². The molecule has 134 valence electrons. The maximum Gasteiger partial charge on any atom is 0.281 e. The molecule has 1 amide bonds. The second kappa shape index (κ2) is 7.71. The molecule has 1 saturated heterocycles. The Labute approximate surface area is 137 Å². The molecule has 0 aliphatic carbocycles. The Morgan fingerprint density at radius 3 is 2.13 bits per heavy atom. The first-order valence-corrected chi connectivity index (χ1v) is 10.1. The van der Waals surface area contributed by atoms with E-state index in [0.29, 0.717) is 6.42 Å². The van der Waals surface area contributed by atoms with Crippen molar-refractivity contribution in [1.29, 1.82) is 0 Å². The van der Waals surface area contributed by atoms with Crippen molar-refractivity contribution in [1.82, 2.24) is 13.5 Å². The van der Waals surface area contributed by atoms with Gasteiger partial charge in [0.2, 0.25) is 15.9 Å². The molecule has 1 fully saturated rings. The van der Waals surface area contributed by atoms with Gasteiger partial charge in [-0.05, 0) is 12.8 Å². The molecular formula is C12H24N4O5S2. The molecule has 9 nitrogen and oxygen atoms in total. The lowest BCUT2D eigenvalue weighted by molar-refractivity contribution is -0.132. The summed E-state index contributed by atoms with van der Waals surface area (Å²) in [5, 5.41) is 3.82. The first-order chi connectivity index (χ1) is 10.5. The third kappa shape index (κ3) is 4.98. The minimum Gasteiger partial charge on any atom is -0.339 e. The summed E-state index contributed by atoms with van der Waals surface area (Å²) in [5.74, 6) is -0.587. The summed E-state index contributed by atoms with van der Waals surface area (Å²) >= 11 is 0. The van der Waals surface area contributed by atoms with E-state index < -0.39 is 31.4 Å². The molecule has 1 aliphatic rings. The van der Waals surface area contributed by atoms with E-state index in [9.17, 15) is 21.6 Å². The SMILES string of the molecule is C=CCC[C@H](C(=O)N1CCN(S(=O)(=O)N(C)C)CC1)S(N)(=O)=O.